The SMILES string of the molecule is CNC(=O)c1cc(CCc2cnc(Nc3ccc(N4C[C@@H](C)N[C@@H](C)C4)c(F)c3)nc2)c(Cl)c(OC)c1. The van der Waals surface area contributed by atoms with E-state index in [4.69, 9.17) is 16.3 Å². The number of piperazine rings is 1. The molecule has 0 radical (unpaired) electrons. The molecule has 3 N–H and O–H groups in total. The minimum absolute atomic E-state index is 0.212. The van der Waals surface area contributed by atoms with E-state index < -0.39 is 0 Å². The normalized spacial score (nSPS) is 17.4. The number of methoxy groups -OCH3 is 1. The van der Waals surface area contributed by atoms with Crippen LogP contribution in [-0.2, 0) is 12.8 Å². The average molecular weight is 527 g/mol. The third-order valence-corrected chi connectivity index (χ3v) is 6.74. The standard InChI is InChI=1S/C27H32ClFN6O2/c1-16-14-35(15-17(2)33-16)23-8-7-21(11-22(23)29)34-27-31-12-18(13-32-27)5-6-19-9-20(26(36)30-3)10-24(37-4)25(19)28/h7-13,16-17,33H,5-6,14-15H2,1-4H3,(H,30,36)(H,31,32,34)/t16-,17+. The summed E-state index contributed by atoms with van der Waals surface area (Å²) >= 11 is 6.46. The van der Waals surface area contributed by atoms with E-state index in [1.165, 1.54) is 13.2 Å². The molecule has 1 saturated heterocycles. The fraction of sp³-hybridized carbons (Fsp3) is 0.370. The van der Waals surface area contributed by atoms with Crippen LogP contribution in [0.25, 0.3) is 0 Å². The van der Waals surface area contributed by atoms with Crippen LogP contribution in [0.3, 0.4) is 0 Å². The van der Waals surface area contributed by atoms with Crippen molar-refractivity contribution in [3.8, 4) is 5.75 Å². The van der Waals surface area contributed by atoms with Gasteiger partial charge in [-0.05, 0) is 68.1 Å². The predicted octanol–water partition coefficient (Wildman–Crippen LogP) is 4.35. The highest BCUT2D eigenvalue weighted by atomic mass is 35.5. The van der Waals surface area contributed by atoms with Gasteiger partial charge in [0.2, 0.25) is 5.95 Å². The van der Waals surface area contributed by atoms with Crippen molar-refractivity contribution in [2.75, 3.05) is 37.5 Å². The van der Waals surface area contributed by atoms with E-state index in [0.29, 0.717) is 58.6 Å². The number of nitrogens with zero attached hydrogens (tertiary/aromatic N) is 3. The zero-order valence-electron chi connectivity index (χ0n) is 21.4. The molecule has 2 aromatic carbocycles. The molecule has 0 saturated carbocycles. The molecule has 4 rings (SSSR count). The lowest BCUT2D eigenvalue weighted by molar-refractivity contribution is 0.0962. The molecule has 196 valence electrons. The van der Waals surface area contributed by atoms with Crippen LogP contribution in [0.5, 0.6) is 5.75 Å². The summed E-state index contributed by atoms with van der Waals surface area (Å²) in [5.74, 6) is 0.333. The largest absolute Gasteiger partial charge is 0.495 e. The fourth-order valence-electron chi connectivity index (χ4n) is 4.58. The predicted molar refractivity (Wildman–Crippen MR) is 145 cm³/mol. The van der Waals surface area contributed by atoms with Crippen molar-refractivity contribution in [3.05, 3.63) is 70.3 Å². The van der Waals surface area contributed by atoms with Gasteiger partial charge in [-0.1, -0.05) is 11.6 Å². The molecule has 0 aliphatic carbocycles. The number of aryl methyl sites for hydroxylation is 2. The molecule has 0 bridgehead atoms. The van der Waals surface area contributed by atoms with Gasteiger partial charge in [0, 0.05) is 55.9 Å². The number of ether oxygens (including phenoxy) is 1. The number of amides is 1. The summed E-state index contributed by atoms with van der Waals surface area (Å²) < 4.78 is 20.2. The maximum Gasteiger partial charge on any atom is 0.251 e. The van der Waals surface area contributed by atoms with Gasteiger partial charge < -0.3 is 25.6 Å². The molecule has 1 fully saturated rings. The summed E-state index contributed by atoms with van der Waals surface area (Å²) in [5.41, 5.74) is 3.35. The van der Waals surface area contributed by atoms with Crippen LogP contribution >= 0.6 is 11.6 Å². The van der Waals surface area contributed by atoms with Gasteiger partial charge >= 0.3 is 0 Å². The second kappa shape index (κ2) is 11.7. The van der Waals surface area contributed by atoms with Gasteiger partial charge in [0.25, 0.3) is 5.91 Å². The highest BCUT2D eigenvalue weighted by molar-refractivity contribution is 6.33. The lowest BCUT2D eigenvalue weighted by atomic mass is 10.0. The molecule has 0 spiro atoms. The van der Waals surface area contributed by atoms with Crippen LogP contribution in [0.1, 0.15) is 35.3 Å². The molecule has 1 aromatic heterocycles. The van der Waals surface area contributed by atoms with Crippen LogP contribution in [0.15, 0.2) is 42.7 Å². The summed E-state index contributed by atoms with van der Waals surface area (Å²) in [6, 6.07) is 9.08. The number of nitrogens with one attached hydrogen (secondary N) is 3. The van der Waals surface area contributed by atoms with E-state index in [0.717, 1.165) is 24.2 Å². The van der Waals surface area contributed by atoms with Gasteiger partial charge in [0.05, 0.1) is 17.8 Å². The molecular formula is C27H32ClFN6O2. The zero-order valence-corrected chi connectivity index (χ0v) is 22.2. The van der Waals surface area contributed by atoms with E-state index >= 15 is 0 Å². The fourth-order valence-corrected chi connectivity index (χ4v) is 4.86. The van der Waals surface area contributed by atoms with Crippen molar-refractivity contribution in [2.24, 2.45) is 0 Å². The van der Waals surface area contributed by atoms with E-state index in [1.807, 2.05) is 6.07 Å². The molecule has 2 heterocycles. The van der Waals surface area contributed by atoms with Gasteiger partial charge in [0.1, 0.15) is 11.6 Å². The third kappa shape index (κ3) is 6.47. The van der Waals surface area contributed by atoms with Crippen molar-refractivity contribution >= 4 is 34.8 Å². The second-order valence-electron chi connectivity index (χ2n) is 9.31. The summed E-state index contributed by atoms with van der Waals surface area (Å²) in [4.78, 5) is 22.9. The van der Waals surface area contributed by atoms with Crippen molar-refractivity contribution in [3.63, 3.8) is 0 Å². The Labute approximate surface area is 221 Å². The number of hydrogen-bond acceptors (Lipinski definition) is 7. The van der Waals surface area contributed by atoms with Gasteiger partial charge in [-0.25, -0.2) is 14.4 Å². The third-order valence-electron chi connectivity index (χ3n) is 6.31. The molecule has 1 aliphatic heterocycles. The number of rotatable bonds is 8. The van der Waals surface area contributed by atoms with E-state index in [1.54, 1.807) is 37.6 Å². The van der Waals surface area contributed by atoms with E-state index in [2.05, 4.69) is 44.7 Å². The highest BCUT2D eigenvalue weighted by Gasteiger charge is 2.23. The van der Waals surface area contributed by atoms with Crippen LogP contribution in [-0.4, -0.2) is 55.2 Å². The van der Waals surface area contributed by atoms with Crippen LogP contribution < -0.4 is 25.6 Å². The molecule has 10 heteroatoms. The Balaban J connectivity index is 1.40. The van der Waals surface area contributed by atoms with E-state index in [9.17, 15) is 9.18 Å². The number of benzene rings is 2. The smallest absolute Gasteiger partial charge is 0.251 e. The summed E-state index contributed by atoms with van der Waals surface area (Å²) in [6.45, 7) is 5.72. The van der Waals surface area contributed by atoms with Gasteiger partial charge in [-0.3, -0.25) is 4.79 Å². The maximum atomic E-state index is 14.9. The molecule has 8 nitrogen and oxygen atoms in total. The van der Waals surface area contributed by atoms with Crippen molar-refractivity contribution in [1.29, 1.82) is 0 Å². The first-order valence-corrected chi connectivity index (χ1v) is 12.6. The second-order valence-corrected chi connectivity index (χ2v) is 9.69. The van der Waals surface area contributed by atoms with Crippen molar-refractivity contribution in [1.82, 2.24) is 20.6 Å². The molecule has 3 aromatic rings. The summed E-state index contributed by atoms with van der Waals surface area (Å²) in [7, 11) is 3.09. The lowest BCUT2D eigenvalue weighted by Gasteiger charge is -2.37. The topological polar surface area (TPSA) is 91.4 Å². The Bertz CT molecular complexity index is 1250. The quantitative estimate of drug-likeness (QED) is 0.402. The Morgan fingerprint density at radius 2 is 1.86 bits per heavy atom. The zero-order chi connectivity index (χ0) is 26.5. The molecule has 2 atom stereocenters. The Kier molecular flexibility index (Phi) is 8.45. The van der Waals surface area contributed by atoms with Crippen molar-refractivity contribution < 1.29 is 13.9 Å². The number of aromatic nitrogens is 2. The van der Waals surface area contributed by atoms with Crippen LogP contribution in [0.4, 0.5) is 21.7 Å². The van der Waals surface area contributed by atoms with Crippen LogP contribution in [0, 0.1) is 5.82 Å². The van der Waals surface area contributed by atoms with E-state index in [-0.39, 0.29) is 11.7 Å². The van der Waals surface area contributed by atoms with Crippen LogP contribution in [0.2, 0.25) is 5.02 Å². The van der Waals surface area contributed by atoms with Crippen molar-refractivity contribution in [2.45, 2.75) is 38.8 Å². The monoisotopic (exact) mass is 526 g/mol. The van der Waals surface area contributed by atoms with Gasteiger partial charge in [0.15, 0.2) is 0 Å². The summed E-state index contributed by atoms with van der Waals surface area (Å²) in [5, 5.41) is 9.62. The molecule has 0 unspecified atom stereocenters. The molecule has 1 aliphatic rings. The number of hydrogen-bond donors (Lipinski definition) is 3. The Morgan fingerprint density at radius 3 is 2.49 bits per heavy atom. The number of halogens is 2. The maximum absolute atomic E-state index is 14.9. The minimum Gasteiger partial charge on any atom is -0.495 e. The first kappa shape index (κ1) is 26.6. The Hall–Kier alpha value is -3.43. The Morgan fingerprint density at radius 1 is 1.16 bits per heavy atom. The summed E-state index contributed by atoms with van der Waals surface area (Å²) in [6.07, 6.45) is 4.63. The minimum atomic E-state index is -0.283. The first-order valence-electron chi connectivity index (χ1n) is 12.2. The average Bonchev–Trinajstić information content (AvgIpc) is 2.88. The number of anilines is 3. The van der Waals surface area contributed by atoms with Gasteiger partial charge in [-0.2, -0.15) is 0 Å². The molecule has 37 heavy (non-hydrogen) atoms. The lowest BCUT2D eigenvalue weighted by Crippen LogP contribution is -2.54. The highest BCUT2D eigenvalue weighted by Crippen LogP contribution is 2.31. The number of carbonyl (C=O) groups is 1. The number of carbonyl (C=O) groups excluding carboxylic acids is 1. The van der Waals surface area contributed by atoms with Gasteiger partial charge in [-0.15, -0.1) is 0 Å². The first-order chi connectivity index (χ1) is 17.8. The molecule has 1 amide bonds. The molecular weight excluding hydrogens is 495 g/mol.